The van der Waals surface area contributed by atoms with Crippen LogP contribution >= 0.6 is 22.6 Å². The summed E-state index contributed by atoms with van der Waals surface area (Å²) in [4.78, 5) is 12.2. The van der Waals surface area contributed by atoms with Gasteiger partial charge in [-0.15, -0.1) is 0 Å². The van der Waals surface area contributed by atoms with E-state index in [2.05, 4.69) is 27.9 Å². The van der Waals surface area contributed by atoms with Gasteiger partial charge in [0.25, 0.3) is 0 Å². The minimum Gasteiger partial charge on any atom is -0.326 e. The standard InChI is InChI=1S/C14H16INO/c15-11-3-5-12(6-4-11)16-14(17)13-8-9-1-2-10(13)7-9/h3-6,9-10,13H,1-2,7-8H2,(H,16,17)/t9-,10-,13-/m1/s1. The molecule has 2 fully saturated rings. The molecule has 3 heteroatoms. The number of nitrogens with one attached hydrogen (secondary N) is 1. The first-order chi connectivity index (χ1) is 8.22. The van der Waals surface area contributed by atoms with Crippen molar-refractivity contribution in [2.45, 2.75) is 25.7 Å². The number of hydrogen-bond acceptors (Lipinski definition) is 1. The van der Waals surface area contributed by atoms with Crippen LogP contribution in [0.3, 0.4) is 0 Å². The normalized spacial score (nSPS) is 30.5. The van der Waals surface area contributed by atoms with Gasteiger partial charge in [0.1, 0.15) is 0 Å². The van der Waals surface area contributed by atoms with Crippen molar-refractivity contribution in [2.75, 3.05) is 5.32 Å². The van der Waals surface area contributed by atoms with E-state index in [4.69, 9.17) is 0 Å². The highest BCUT2D eigenvalue weighted by molar-refractivity contribution is 14.1. The maximum absolute atomic E-state index is 12.2. The Labute approximate surface area is 115 Å². The zero-order chi connectivity index (χ0) is 11.8. The van der Waals surface area contributed by atoms with E-state index in [0.29, 0.717) is 5.92 Å². The lowest BCUT2D eigenvalue weighted by molar-refractivity contribution is -0.121. The van der Waals surface area contributed by atoms with Gasteiger partial charge in [-0.1, -0.05) is 6.42 Å². The monoisotopic (exact) mass is 341 g/mol. The number of anilines is 1. The number of rotatable bonds is 2. The van der Waals surface area contributed by atoms with Crippen LogP contribution in [-0.2, 0) is 4.79 Å². The van der Waals surface area contributed by atoms with Crippen LogP contribution < -0.4 is 5.32 Å². The molecular formula is C14H16INO. The lowest BCUT2D eigenvalue weighted by atomic mass is 9.88. The molecular weight excluding hydrogens is 325 g/mol. The molecule has 1 aromatic rings. The molecule has 17 heavy (non-hydrogen) atoms. The van der Waals surface area contributed by atoms with Gasteiger partial charge in [0, 0.05) is 15.2 Å². The Bertz CT molecular complexity index is 428. The van der Waals surface area contributed by atoms with Crippen LogP contribution in [0.5, 0.6) is 0 Å². The summed E-state index contributed by atoms with van der Waals surface area (Å²) in [6, 6.07) is 8.01. The Kier molecular flexibility index (Phi) is 3.11. The summed E-state index contributed by atoms with van der Waals surface area (Å²) in [5, 5.41) is 3.05. The number of carbonyl (C=O) groups is 1. The zero-order valence-electron chi connectivity index (χ0n) is 9.66. The summed E-state index contributed by atoms with van der Waals surface area (Å²) in [6.45, 7) is 0. The summed E-state index contributed by atoms with van der Waals surface area (Å²) in [5.41, 5.74) is 0.929. The van der Waals surface area contributed by atoms with Gasteiger partial charge in [0.2, 0.25) is 5.91 Å². The van der Waals surface area contributed by atoms with Crippen LogP contribution in [0.25, 0.3) is 0 Å². The predicted molar refractivity (Wildman–Crippen MR) is 76.7 cm³/mol. The highest BCUT2D eigenvalue weighted by atomic mass is 127. The number of hydrogen-bond donors (Lipinski definition) is 1. The van der Waals surface area contributed by atoms with Crippen LogP contribution in [-0.4, -0.2) is 5.91 Å². The molecule has 2 aliphatic rings. The first kappa shape index (κ1) is 11.5. The topological polar surface area (TPSA) is 29.1 Å². The number of amides is 1. The van der Waals surface area contributed by atoms with E-state index in [0.717, 1.165) is 18.0 Å². The molecule has 0 aliphatic heterocycles. The average molecular weight is 341 g/mol. The second-order valence-corrected chi connectivity index (χ2v) is 6.52. The minimum absolute atomic E-state index is 0.235. The smallest absolute Gasteiger partial charge is 0.227 e. The van der Waals surface area contributed by atoms with Crippen molar-refractivity contribution < 1.29 is 4.79 Å². The van der Waals surface area contributed by atoms with Crippen molar-refractivity contribution in [2.24, 2.45) is 17.8 Å². The van der Waals surface area contributed by atoms with Gasteiger partial charge in [-0.3, -0.25) is 4.79 Å². The molecule has 1 N–H and O–H groups in total. The Morgan fingerprint density at radius 3 is 2.53 bits per heavy atom. The van der Waals surface area contributed by atoms with Crippen LogP contribution in [0.15, 0.2) is 24.3 Å². The summed E-state index contributed by atoms with van der Waals surface area (Å²) in [7, 11) is 0. The number of carbonyl (C=O) groups excluding carboxylic acids is 1. The highest BCUT2D eigenvalue weighted by Crippen LogP contribution is 2.48. The third kappa shape index (κ3) is 2.34. The molecule has 0 aromatic heterocycles. The molecule has 3 rings (SSSR count). The fourth-order valence-corrected chi connectivity index (χ4v) is 3.69. The van der Waals surface area contributed by atoms with E-state index in [1.807, 2.05) is 24.3 Å². The maximum Gasteiger partial charge on any atom is 0.227 e. The lowest BCUT2D eigenvalue weighted by Crippen LogP contribution is -2.27. The third-order valence-electron chi connectivity index (χ3n) is 4.19. The Morgan fingerprint density at radius 2 is 1.94 bits per heavy atom. The molecule has 2 saturated carbocycles. The van der Waals surface area contributed by atoms with Crippen molar-refractivity contribution in [3.05, 3.63) is 27.8 Å². The molecule has 1 aromatic carbocycles. The second-order valence-electron chi connectivity index (χ2n) is 5.28. The summed E-state index contributed by atoms with van der Waals surface area (Å²) in [6.07, 6.45) is 5.00. The quantitative estimate of drug-likeness (QED) is 0.818. The van der Waals surface area contributed by atoms with Crippen LogP contribution in [0.4, 0.5) is 5.69 Å². The highest BCUT2D eigenvalue weighted by Gasteiger charge is 2.42. The van der Waals surface area contributed by atoms with Gasteiger partial charge >= 0.3 is 0 Å². The van der Waals surface area contributed by atoms with Crippen molar-refractivity contribution in [3.63, 3.8) is 0 Å². The van der Waals surface area contributed by atoms with Crippen molar-refractivity contribution in [1.82, 2.24) is 0 Å². The molecule has 0 radical (unpaired) electrons. The Morgan fingerprint density at radius 1 is 1.18 bits per heavy atom. The molecule has 0 spiro atoms. The average Bonchev–Trinajstić information content (AvgIpc) is 2.94. The minimum atomic E-state index is 0.235. The van der Waals surface area contributed by atoms with Crippen molar-refractivity contribution in [1.29, 1.82) is 0 Å². The fourth-order valence-electron chi connectivity index (χ4n) is 3.33. The molecule has 0 unspecified atom stereocenters. The Balaban J connectivity index is 1.65. The zero-order valence-corrected chi connectivity index (χ0v) is 11.8. The van der Waals surface area contributed by atoms with Crippen LogP contribution in [0.2, 0.25) is 0 Å². The summed E-state index contributed by atoms with van der Waals surface area (Å²) in [5.74, 6) is 1.99. The molecule has 90 valence electrons. The van der Waals surface area contributed by atoms with Gasteiger partial charge in [-0.25, -0.2) is 0 Å². The first-order valence-electron chi connectivity index (χ1n) is 6.29. The molecule has 0 heterocycles. The number of benzene rings is 1. The first-order valence-corrected chi connectivity index (χ1v) is 7.36. The van der Waals surface area contributed by atoms with Crippen molar-refractivity contribution >= 4 is 34.2 Å². The molecule has 3 atom stereocenters. The van der Waals surface area contributed by atoms with Gasteiger partial charge in [-0.05, 0) is 78.0 Å². The fraction of sp³-hybridized carbons (Fsp3) is 0.500. The van der Waals surface area contributed by atoms with Gasteiger partial charge in [0.15, 0.2) is 0 Å². The Hall–Kier alpha value is -0.580. The summed E-state index contributed by atoms with van der Waals surface area (Å²) >= 11 is 2.27. The molecule has 2 nitrogen and oxygen atoms in total. The molecule has 2 bridgehead atoms. The van der Waals surface area contributed by atoms with E-state index in [-0.39, 0.29) is 11.8 Å². The van der Waals surface area contributed by atoms with E-state index in [1.165, 1.54) is 22.8 Å². The van der Waals surface area contributed by atoms with Crippen molar-refractivity contribution in [3.8, 4) is 0 Å². The number of halogens is 1. The van der Waals surface area contributed by atoms with E-state index in [9.17, 15) is 4.79 Å². The molecule has 0 saturated heterocycles. The van der Waals surface area contributed by atoms with Gasteiger partial charge < -0.3 is 5.32 Å². The van der Waals surface area contributed by atoms with Gasteiger partial charge in [-0.2, -0.15) is 0 Å². The van der Waals surface area contributed by atoms with Crippen LogP contribution in [0.1, 0.15) is 25.7 Å². The van der Waals surface area contributed by atoms with E-state index >= 15 is 0 Å². The second kappa shape index (κ2) is 4.59. The SMILES string of the molecule is O=C(Nc1ccc(I)cc1)[C@@H]1C[C@@H]2CC[C@@H]1C2. The van der Waals surface area contributed by atoms with Gasteiger partial charge in [0.05, 0.1) is 0 Å². The largest absolute Gasteiger partial charge is 0.326 e. The van der Waals surface area contributed by atoms with E-state index < -0.39 is 0 Å². The number of fused-ring (bicyclic) bond motifs is 2. The maximum atomic E-state index is 12.2. The molecule has 1 amide bonds. The lowest BCUT2D eigenvalue weighted by Gasteiger charge is -2.20. The predicted octanol–water partition coefficient (Wildman–Crippen LogP) is 3.67. The van der Waals surface area contributed by atoms with Crippen LogP contribution in [0, 0.1) is 21.3 Å². The summed E-state index contributed by atoms with van der Waals surface area (Å²) < 4.78 is 1.19. The third-order valence-corrected chi connectivity index (χ3v) is 4.91. The molecule has 2 aliphatic carbocycles. The van der Waals surface area contributed by atoms with E-state index in [1.54, 1.807) is 0 Å².